The molecule has 3 atom stereocenters. The Hall–Kier alpha value is -4.29. The van der Waals surface area contributed by atoms with Gasteiger partial charge in [0, 0.05) is 104 Å². The number of nitrogens with zero attached hydrogens (tertiary/aromatic N) is 6. The summed E-state index contributed by atoms with van der Waals surface area (Å²) >= 11 is 0. The van der Waals surface area contributed by atoms with Gasteiger partial charge in [-0.3, -0.25) is 23.1 Å². The van der Waals surface area contributed by atoms with Crippen molar-refractivity contribution in [1.29, 1.82) is 0 Å². The van der Waals surface area contributed by atoms with Crippen LogP contribution in [-0.4, -0.2) is 148 Å². The summed E-state index contributed by atoms with van der Waals surface area (Å²) in [5.74, 6) is 1.63. The van der Waals surface area contributed by atoms with E-state index in [4.69, 9.17) is 10.1 Å². The van der Waals surface area contributed by atoms with Crippen LogP contribution >= 0.6 is 0 Å². The van der Waals surface area contributed by atoms with Crippen molar-refractivity contribution in [2.45, 2.75) is 84.0 Å². The molecule has 0 aliphatic carbocycles. The molecule has 3 aliphatic rings. The SMILES string of the molecule is O=CO[O-].O=c1[nH]c2ccccc2n1CC1CCCN(CCc2ccccc2)C1.O=c1[nH]c2ccccc2n1CC1CCCNC1.O=c1n(CCc2ccccc2)c2ccccc2n1CC1CCCN(CCc2ccccc2)C1.[K+].[K]. The minimum absolute atomic E-state index is 0. The largest absolute Gasteiger partial charge is 1.00 e. The van der Waals surface area contributed by atoms with Gasteiger partial charge in [-0.05, 0) is 155 Å². The zero-order valence-electron chi connectivity index (χ0n) is 47.4. The first-order chi connectivity index (χ1) is 38.8. The predicted molar refractivity (Wildman–Crippen MR) is 319 cm³/mol. The molecule has 3 fully saturated rings. The normalized spacial score (nSPS) is 17.3. The third-order valence-electron chi connectivity index (χ3n) is 15.8. The molecular formula is C64H76K2N9O6. The number of aryl methyl sites for hydroxylation is 2. The standard InChI is InChI=1S/C29H33N3O.C21H25N3O.C13H17N3O.CH2O3.2K/c33-29-31(21-18-25-12-5-2-6-13-25)27-15-7-8-16-28(27)32(29)23-26-14-9-19-30(22-26)20-17-24-10-3-1-4-11-24;25-21-22-19-10-4-5-11-20(19)24(21)16-18-9-6-13-23(15-18)14-12-17-7-2-1-3-8-17;17-13-15-11-5-1-2-6-12(11)16(13)9-10-4-3-7-14-8-10;2-1-4-3;;/h1-8,10-13,15-16,26H,9,14,17-23H2;1-5,7-8,10-11,18H,6,9,12-16H2,(H,22,25);1-2,5-6,10,14H,3-4,7-9H2,(H,15,17);1,3H;;/q;;;;;+1/p-1. The Balaban J connectivity index is 0.000000175. The van der Waals surface area contributed by atoms with Crippen LogP contribution < -0.4 is 79.0 Å². The van der Waals surface area contributed by atoms with Gasteiger partial charge in [-0.2, -0.15) is 0 Å². The molecule has 415 valence electrons. The van der Waals surface area contributed by atoms with Crippen LogP contribution in [0.25, 0.3) is 33.1 Å². The zero-order chi connectivity index (χ0) is 54.6. The van der Waals surface area contributed by atoms with Crippen LogP contribution in [0.3, 0.4) is 0 Å². The number of hydrogen-bond acceptors (Lipinski definition) is 9. The molecule has 1 radical (unpaired) electrons. The average Bonchev–Trinajstić information content (AvgIpc) is 4.30. The van der Waals surface area contributed by atoms with Gasteiger partial charge in [-0.15, -0.1) is 0 Å². The van der Waals surface area contributed by atoms with Crippen molar-refractivity contribution in [2.24, 2.45) is 17.8 Å². The Morgan fingerprint density at radius 3 is 1.31 bits per heavy atom. The number of benzene rings is 6. The van der Waals surface area contributed by atoms with Crippen molar-refractivity contribution in [3.8, 4) is 0 Å². The summed E-state index contributed by atoms with van der Waals surface area (Å²) in [6.45, 7) is 11.8. The number of fused-ring (bicyclic) bond motifs is 3. The molecule has 81 heavy (non-hydrogen) atoms. The number of para-hydroxylation sites is 6. The molecule has 9 aromatic rings. The van der Waals surface area contributed by atoms with E-state index in [0.717, 1.165) is 118 Å². The number of likely N-dealkylation sites (tertiary alicyclic amines) is 2. The Morgan fingerprint density at radius 2 is 0.864 bits per heavy atom. The van der Waals surface area contributed by atoms with Crippen LogP contribution in [0.15, 0.2) is 178 Å². The van der Waals surface area contributed by atoms with Gasteiger partial charge < -0.3 is 35.2 Å². The van der Waals surface area contributed by atoms with Crippen molar-refractivity contribution in [3.63, 3.8) is 0 Å². The molecule has 6 aromatic carbocycles. The fourth-order valence-corrected chi connectivity index (χ4v) is 11.9. The predicted octanol–water partition coefficient (Wildman–Crippen LogP) is 4.67. The van der Waals surface area contributed by atoms with Crippen LogP contribution in [0.1, 0.15) is 55.2 Å². The monoisotopic (exact) mass is 1140 g/mol. The fraction of sp³-hybridized carbons (Fsp3) is 0.375. The average molecular weight is 1150 g/mol. The molecule has 17 heteroatoms. The second-order valence-corrected chi connectivity index (χ2v) is 21.4. The van der Waals surface area contributed by atoms with E-state index in [9.17, 15) is 14.4 Å². The molecule has 0 spiro atoms. The summed E-state index contributed by atoms with van der Waals surface area (Å²) in [4.78, 5) is 59.9. The molecule has 3 saturated heterocycles. The van der Waals surface area contributed by atoms with E-state index in [0.29, 0.717) is 24.3 Å². The Labute approximate surface area is 559 Å². The minimum atomic E-state index is -0.181. The number of H-pyrrole nitrogens is 2. The van der Waals surface area contributed by atoms with Crippen molar-refractivity contribution in [2.75, 3.05) is 52.4 Å². The molecule has 0 saturated carbocycles. The second-order valence-electron chi connectivity index (χ2n) is 21.4. The third-order valence-corrected chi connectivity index (χ3v) is 15.8. The molecule has 3 unspecified atom stereocenters. The van der Waals surface area contributed by atoms with Gasteiger partial charge in [0.05, 0.1) is 33.1 Å². The molecule has 0 bridgehead atoms. The van der Waals surface area contributed by atoms with Gasteiger partial charge >= 0.3 is 68.5 Å². The Kier molecular flexibility index (Phi) is 26.9. The fourth-order valence-electron chi connectivity index (χ4n) is 11.9. The molecular weight excluding hydrogens is 1070 g/mol. The van der Waals surface area contributed by atoms with E-state index < -0.39 is 0 Å². The number of nitrogens with one attached hydrogen (secondary N) is 3. The number of hydrogen-bond donors (Lipinski definition) is 3. The summed E-state index contributed by atoms with van der Waals surface area (Å²) in [5.41, 5.74) is 10.2. The molecule has 3 aromatic heterocycles. The topological polar surface area (TPSA) is 170 Å². The number of aromatic amines is 2. The molecule has 12 rings (SSSR count). The number of rotatable bonds is 16. The summed E-state index contributed by atoms with van der Waals surface area (Å²) in [7, 11) is 0. The van der Waals surface area contributed by atoms with Crippen LogP contribution in [0.5, 0.6) is 0 Å². The van der Waals surface area contributed by atoms with E-state index >= 15 is 0 Å². The number of carbonyl (C=O) groups is 1. The van der Waals surface area contributed by atoms with Gasteiger partial charge in [-0.25, -0.2) is 14.4 Å². The van der Waals surface area contributed by atoms with Gasteiger partial charge in [0.25, 0.3) is 6.47 Å². The van der Waals surface area contributed by atoms with E-state index in [-0.39, 0.29) is 126 Å². The smallest absolute Gasteiger partial charge is 0.662 e. The molecule has 3 aliphatic heterocycles. The van der Waals surface area contributed by atoms with Crippen molar-refractivity contribution < 1.29 is 66.3 Å². The van der Waals surface area contributed by atoms with Gasteiger partial charge in [0.2, 0.25) is 0 Å². The summed E-state index contributed by atoms with van der Waals surface area (Å²) in [6, 6.07) is 56.0. The maximum absolute atomic E-state index is 13.5. The first-order valence-corrected chi connectivity index (χ1v) is 28.4. The summed E-state index contributed by atoms with van der Waals surface area (Å²) in [5, 5.41) is 11.8. The van der Waals surface area contributed by atoms with Crippen molar-refractivity contribution >= 4 is 91.0 Å². The summed E-state index contributed by atoms with van der Waals surface area (Å²) in [6.07, 6.45) is 10.3. The van der Waals surface area contributed by atoms with Crippen LogP contribution in [0, 0.1) is 17.8 Å². The van der Waals surface area contributed by atoms with Crippen molar-refractivity contribution in [1.82, 2.24) is 43.4 Å². The van der Waals surface area contributed by atoms with Gasteiger partial charge in [-0.1, -0.05) is 127 Å². The van der Waals surface area contributed by atoms with E-state index in [1.165, 1.54) is 61.8 Å². The molecule has 3 N–H and O–H groups in total. The number of carbonyl (C=O) groups excluding carboxylic acids is 1. The number of imidazole rings is 3. The van der Waals surface area contributed by atoms with E-state index in [2.05, 4.69) is 127 Å². The van der Waals surface area contributed by atoms with Crippen LogP contribution in [0.4, 0.5) is 0 Å². The summed E-state index contributed by atoms with van der Waals surface area (Å²) < 4.78 is 7.79. The molecule has 15 nitrogen and oxygen atoms in total. The zero-order valence-corrected chi connectivity index (χ0v) is 53.6. The molecule has 6 heterocycles. The third kappa shape index (κ3) is 18.6. The first kappa shape index (κ1) is 64.3. The second kappa shape index (κ2) is 33.9. The van der Waals surface area contributed by atoms with Gasteiger partial charge in [0.1, 0.15) is 0 Å². The maximum Gasteiger partial charge on any atom is 1.00 e. The maximum atomic E-state index is 13.5. The molecule has 0 amide bonds. The Morgan fingerprint density at radius 1 is 0.481 bits per heavy atom. The van der Waals surface area contributed by atoms with Crippen molar-refractivity contribution in [3.05, 3.63) is 212 Å². The Bertz CT molecular complexity index is 3460. The number of piperidine rings is 3. The van der Waals surface area contributed by atoms with Gasteiger partial charge in [0.15, 0.2) is 0 Å². The van der Waals surface area contributed by atoms with Crippen LogP contribution in [-0.2, 0) is 55.1 Å². The van der Waals surface area contributed by atoms with E-state index in [1.807, 2.05) is 85.0 Å². The first-order valence-electron chi connectivity index (χ1n) is 28.4. The quantitative estimate of drug-likeness (QED) is 0.0539. The minimum Gasteiger partial charge on any atom is -0.662 e. The van der Waals surface area contributed by atoms with Crippen LogP contribution in [0.2, 0.25) is 0 Å². The number of aromatic nitrogens is 6. The van der Waals surface area contributed by atoms with E-state index in [1.54, 1.807) is 0 Å².